The molecule has 1 aromatic rings. The molecule has 1 rings (SSSR count). The summed E-state index contributed by atoms with van der Waals surface area (Å²) in [5.74, 6) is 0.938. The summed E-state index contributed by atoms with van der Waals surface area (Å²) < 4.78 is 7.03. The average Bonchev–Trinajstić information content (AvgIpc) is 2.39. The highest BCUT2D eigenvalue weighted by molar-refractivity contribution is 9.10. The van der Waals surface area contributed by atoms with E-state index in [1.165, 1.54) is 37.7 Å². The SMILES string of the molecule is CCCCCCCCOc1c(Br)ccc(C(C)(C)C)c1[Si]. The van der Waals surface area contributed by atoms with Crippen LogP contribution in [0.2, 0.25) is 0 Å². The maximum atomic E-state index is 6.01. The third-order valence-corrected chi connectivity index (χ3v) is 4.78. The summed E-state index contributed by atoms with van der Waals surface area (Å²) in [6.45, 7) is 9.70. The van der Waals surface area contributed by atoms with Crippen LogP contribution in [0.4, 0.5) is 0 Å². The van der Waals surface area contributed by atoms with Crippen LogP contribution in [-0.4, -0.2) is 16.8 Å². The molecule has 21 heavy (non-hydrogen) atoms. The maximum absolute atomic E-state index is 6.01. The Morgan fingerprint density at radius 2 is 1.67 bits per heavy atom. The van der Waals surface area contributed by atoms with Crippen molar-refractivity contribution in [3.63, 3.8) is 0 Å². The second-order valence-electron chi connectivity index (χ2n) is 6.67. The van der Waals surface area contributed by atoms with Crippen LogP contribution in [-0.2, 0) is 5.41 Å². The van der Waals surface area contributed by atoms with E-state index >= 15 is 0 Å². The highest BCUT2D eigenvalue weighted by Crippen LogP contribution is 2.29. The zero-order valence-electron chi connectivity index (χ0n) is 13.9. The molecule has 0 aromatic heterocycles. The molecule has 0 aliphatic heterocycles. The molecular formula is C18H28BrOSi. The lowest BCUT2D eigenvalue weighted by Gasteiger charge is -2.24. The first-order chi connectivity index (χ1) is 9.88. The fourth-order valence-electron chi connectivity index (χ4n) is 2.38. The van der Waals surface area contributed by atoms with Crippen molar-refractivity contribution in [3.8, 4) is 5.75 Å². The standard InChI is InChI=1S/C18H28BrOSi/c1-5-6-7-8-9-10-13-20-16-15(19)12-11-14(17(16)21)18(2,3)4/h11-12H,5-10,13H2,1-4H3. The van der Waals surface area contributed by atoms with Crippen molar-refractivity contribution in [2.75, 3.05) is 6.61 Å². The molecule has 0 amide bonds. The number of halogens is 1. The Morgan fingerprint density at radius 3 is 2.29 bits per heavy atom. The van der Waals surface area contributed by atoms with E-state index in [1.54, 1.807) is 0 Å². The molecule has 0 heterocycles. The van der Waals surface area contributed by atoms with Gasteiger partial charge in [-0.05, 0) is 44.6 Å². The smallest absolute Gasteiger partial charge is 0.132 e. The van der Waals surface area contributed by atoms with Crippen molar-refractivity contribution in [3.05, 3.63) is 22.2 Å². The molecule has 0 atom stereocenters. The van der Waals surface area contributed by atoms with E-state index in [0.29, 0.717) is 0 Å². The Balaban J connectivity index is 2.55. The van der Waals surface area contributed by atoms with E-state index in [-0.39, 0.29) is 5.41 Å². The first kappa shape index (κ1) is 18.8. The third-order valence-electron chi connectivity index (χ3n) is 3.66. The molecule has 117 valence electrons. The Morgan fingerprint density at radius 1 is 1.05 bits per heavy atom. The number of unbranched alkanes of at least 4 members (excludes halogenated alkanes) is 5. The molecule has 0 aliphatic rings. The predicted molar refractivity (Wildman–Crippen MR) is 97.1 cm³/mol. The second-order valence-corrected chi connectivity index (χ2v) is 8.02. The highest BCUT2D eigenvalue weighted by atomic mass is 79.9. The summed E-state index contributed by atoms with van der Waals surface area (Å²) in [5.41, 5.74) is 1.39. The van der Waals surface area contributed by atoms with Gasteiger partial charge in [0.2, 0.25) is 0 Å². The molecule has 0 N–H and O–H groups in total. The van der Waals surface area contributed by atoms with Crippen LogP contribution in [0, 0.1) is 0 Å². The van der Waals surface area contributed by atoms with E-state index < -0.39 is 0 Å². The summed E-state index contributed by atoms with van der Waals surface area (Å²) in [7, 11) is 3.77. The Hall–Kier alpha value is -0.283. The van der Waals surface area contributed by atoms with Crippen LogP contribution in [0.25, 0.3) is 0 Å². The molecule has 3 radical (unpaired) electrons. The van der Waals surface area contributed by atoms with Gasteiger partial charge in [0.1, 0.15) is 5.75 Å². The van der Waals surface area contributed by atoms with Gasteiger partial charge >= 0.3 is 0 Å². The zero-order chi connectivity index (χ0) is 15.9. The lowest BCUT2D eigenvalue weighted by Crippen LogP contribution is -2.25. The molecule has 0 unspecified atom stereocenters. The average molecular weight is 368 g/mol. The number of rotatable bonds is 8. The topological polar surface area (TPSA) is 9.23 Å². The van der Waals surface area contributed by atoms with Gasteiger partial charge in [0, 0.05) is 0 Å². The first-order valence-electron chi connectivity index (χ1n) is 8.05. The molecule has 0 bridgehead atoms. The van der Waals surface area contributed by atoms with Gasteiger partial charge in [-0.25, -0.2) is 0 Å². The lowest BCUT2D eigenvalue weighted by atomic mass is 9.87. The summed E-state index contributed by atoms with van der Waals surface area (Å²) in [6, 6.07) is 4.24. The maximum Gasteiger partial charge on any atom is 0.132 e. The third kappa shape index (κ3) is 6.15. The van der Waals surface area contributed by atoms with Crippen molar-refractivity contribution in [2.45, 2.75) is 71.6 Å². The van der Waals surface area contributed by atoms with E-state index in [0.717, 1.165) is 28.4 Å². The van der Waals surface area contributed by atoms with Gasteiger partial charge in [-0.1, -0.05) is 65.9 Å². The molecule has 0 fully saturated rings. The summed E-state index contributed by atoms with van der Waals surface area (Å²) in [5, 5.41) is 1.07. The molecule has 0 saturated heterocycles. The molecule has 0 aliphatic carbocycles. The second kappa shape index (κ2) is 8.99. The van der Waals surface area contributed by atoms with E-state index in [9.17, 15) is 0 Å². The van der Waals surface area contributed by atoms with E-state index in [2.05, 4.69) is 66.0 Å². The highest BCUT2D eigenvalue weighted by Gasteiger charge is 2.19. The Kier molecular flexibility index (Phi) is 8.03. The number of benzene rings is 1. The van der Waals surface area contributed by atoms with Crippen LogP contribution in [0.3, 0.4) is 0 Å². The summed E-state index contributed by atoms with van der Waals surface area (Å²) in [4.78, 5) is 0. The van der Waals surface area contributed by atoms with Crippen LogP contribution >= 0.6 is 15.9 Å². The fourth-order valence-corrected chi connectivity index (χ4v) is 3.67. The van der Waals surface area contributed by atoms with Crippen LogP contribution in [0.1, 0.15) is 71.8 Å². The minimum Gasteiger partial charge on any atom is -0.493 e. The van der Waals surface area contributed by atoms with Gasteiger partial charge in [0.15, 0.2) is 0 Å². The summed E-state index contributed by atoms with van der Waals surface area (Å²) >= 11 is 3.60. The van der Waals surface area contributed by atoms with E-state index in [1.807, 2.05) is 0 Å². The molecular weight excluding hydrogens is 340 g/mol. The largest absolute Gasteiger partial charge is 0.493 e. The Bertz CT molecular complexity index is 438. The summed E-state index contributed by atoms with van der Waals surface area (Å²) in [6.07, 6.45) is 7.71. The van der Waals surface area contributed by atoms with Crippen molar-refractivity contribution < 1.29 is 4.74 Å². The van der Waals surface area contributed by atoms with E-state index in [4.69, 9.17) is 4.74 Å². The van der Waals surface area contributed by atoms with Crippen LogP contribution in [0.15, 0.2) is 16.6 Å². The Labute approximate surface area is 142 Å². The fraction of sp³-hybridized carbons (Fsp3) is 0.667. The quantitative estimate of drug-likeness (QED) is 0.448. The van der Waals surface area contributed by atoms with Crippen LogP contribution < -0.4 is 9.92 Å². The molecule has 1 nitrogen and oxygen atoms in total. The number of ether oxygens (including phenoxy) is 1. The lowest BCUT2D eigenvalue weighted by molar-refractivity contribution is 0.304. The first-order valence-corrected chi connectivity index (χ1v) is 9.34. The van der Waals surface area contributed by atoms with Crippen molar-refractivity contribution in [1.29, 1.82) is 0 Å². The van der Waals surface area contributed by atoms with Gasteiger partial charge in [-0.3, -0.25) is 0 Å². The molecule has 0 saturated carbocycles. The van der Waals surface area contributed by atoms with Crippen molar-refractivity contribution >= 4 is 31.4 Å². The van der Waals surface area contributed by atoms with Gasteiger partial charge < -0.3 is 4.74 Å². The van der Waals surface area contributed by atoms with Crippen LogP contribution in [0.5, 0.6) is 5.75 Å². The van der Waals surface area contributed by atoms with Gasteiger partial charge in [0.05, 0.1) is 21.3 Å². The number of hydrogen-bond acceptors (Lipinski definition) is 1. The number of hydrogen-bond donors (Lipinski definition) is 0. The van der Waals surface area contributed by atoms with Gasteiger partial charge in [-0.2, -0.15) is 0 Å². The van der Waals surface area contributed by atoms with Crippen molar-refractivity contribution in [1.82, 2.24) is 0 Å². The minimum absolute atomic E-state index is 0.107. The predicted octanol–water partition coefficient (Wildman–Crippen LogP) is 5.28. The molecule has 3 heteroatoms. The zero-order valence-corrected chi connectivity index (χ0v) is 16.5. The van der Waals surface area contributed by atoms with Crippen molar-refractivity contribution in [2.24, 2.45) is 0 Å². The normalized spacial score (nSPS) is 11.7. The minimum atomic E-state index is 0.107. The molecule has 1 aromatic carbocycles. The van der Waals surface area contributed by atoms with Gasteiger partial charge in [-0.15, -0.1) is 0 Å². The van der Waals surface area contributed by atoms with Gasteiger partial charge in [0.25, 0.3) is 0 Å². The monoisotopic (exact) mass is 367 g/mol. The molecule has 0 spiro atoms.